The van der Waals surface area contributed by atoms with Crippen molar-refractivity contribution in [3.63, 3.8) is 0 Å². The molecule has 0 aliphatic heterocycles. The van der Waals surface area contributed by atoms with Gasteiger partial charge >= 0.3 is 0 Å². The van der Waals surface area contributed by atoms with Crippen LogP contribution in [-0.4, -0.2) is 24.6 Å². The molecule has 0 aromatic heterocycles. The summed E-state index contributed by atoms with van der Waals surface area (Å²) in [7, 11) is 2.07. The van der Waals surface area contributed by atoms with E-state index in [9.17, 15) is 0 Å². The van der Waals surface area contributed by atoms with Gasteiger partial charge in [0.1, 0.15) is 0 Å². The maximum atomic E-state index is 3.39. The molecule has 80 valence electrons. The van der Waals surface area contributed by atoms with Gasteiger partial charge in [-0.1, -0.05) is 27.2 Å². The van der Waals surface area contributed by atoms with Crippen LogP contribution in [0.5, 0.6) is 0 Å². The Bertz CT molecular complexity index is 104. The van der Waals surface area contributed by atoms with Crippen LogP contribution in [0.3, 0.4) is 0 Å². The van der Waals surface area contributed by atoms with E-state index in [1.807, 2.05) is 0 Å². The summed E-state index contributed by atoms with van der Waals surface area (Å²) in [4.78, 5) is 0. The van der Waals surface area contributed by atoms with Crippen LogP contribution in [0, 0.1) is 5.92 Å². The van der Waals surface area contributed by atoms with Gasteiger partial charge in [-0.25, -0.2) is 0 Å². The molecule has 2 heteroatoms. The fourth-order valence-corrected chi connectivity index (χ4v) is 2.22. The molecule has 0 saturated carbocycles. The highest BCUT2D eigenvalue weighted by molar-refractivity contribution is 7.99. The van der Waals surface area contributed by atoms with Gasteiger partial charge in [-0.3, -0.25) is 0 Å². The number of nitrogens with one attached hydrogen (secondary N) is 1. The molecule has 0 heterocycles. The van der Waals surface area contributed by atoms with Crippen LogP contribution in [0.2, 0.25) is 0 Å². The van der Waals surface area contributed by atoms with Crippen molar-refractivity contribution in [1.82, 2.24) is 5.32 Å². The average molecular weight is 203 g/mol. The first-order valence-corrected chi connectivity index (χ1v) is 6.62. The van der Waals surface area contributed by atoms with Crippen LogP contribution in [0.15, 0.2) is 0 Å². The van der Waals surface area contributed by atoms with Crippen molar-refractivity contribution in [2.24, 2.45) is 5.92 Å². The summed E-state index contributed by atoms with van der Waals surface area (Å²) in [6, 6.07) is 0.714. The molecule has 1 unspecified atom stereocenters. The van der Waals surface area contributed by atoms with Crippen molar-refractivity contribution in [3.05, 3.63) is 0 Å². The summed E-state index contributed by atoms with van der Waals surface area (Å²) < 4.78 is 0. The summed E-state index contributed by atoms with van der Waals surface area (Å²) in [6.07, 6.45) is 4.08. The molecular formula is C11H25NS. The van der Waals surface area contributed by atoms with Crippen molar-refractivity contribution in [2.75, 3.05) is 18.6 Å². The van der Waals surface area contributed by atoms with E-state index in [1.165, 1.54) is 30.8 Å². The van der Waals surface area contributed by atoms with Gasteiger partial charge in [-0.2, -0.15) is 11.8 Å². The molecule has 0 spiro atoms. The molecule has 0 aromatic carbocycles. The quantitative estimate of drug-likeness (QED) is 0.608. The lowest BCUT2D eigenvalue weighted by Gasteiger charge is -2.19. The minimum Gasteiger partial charge on any atom is -0.317 e. The first-order chi connectivity index (χ1) is 6.22. The topological polar surface area (TPSA) is 12.0 Å². The Morgan fingerprint density at radius 1 is 1.23 bits per heavy atom. The summed E-state index contributed by atoms with van der Waals surface area (Å²) in [5.41, 5.74) is 0. The Morgan fingerprint density at radius 2 is 1.92 bits per heavy atom. The number of hydrogen-bond donors (Lipinski definition) is 1. The monoisotopic (exact) mass is 203 g/mol. The molecule has 0 aliphatic rings. The fraction of sp³-hybridized carbons (Fsp3) is 1.00. The van der Waals surface area contributed by atoms with Crippen molar-refractivity contribution in [3.8, 4) is 0 Å². The first kappa shape index (κ1) is 13.3. The van der Waals surface area contributed by atoms with Crippen LogP contribution >= 0.6 is 11.8 Å². The normalized spacial score (nSPS) is 13.6. The molecule has 0 aliphatic carbocycles. The van der Waals surface area contributed by atoms with Crippen molar-refractivity contribution < 1.29 is 0 Å². The standard InChI is InChI=1S/C11H25NS/c1-5-13-9-7-6-8-11(12-4)10(2)3/h10-12H,5-9H2,1-4H3. The molecule has 0 fully saturated rings. The third-order valence-electron chi connectivity index (χ3n) is 2.43. The predicted octanol–water partition coefficient (Wildman–Crippen LogP) is 3.15. The average Bonchev–Trinajstić information content (AvgIpc) is 2.10. The highest BCUT2D eigenvalue weighted by atomic mass is 32.2. The van der Waals surface area contributed by atoms with E-state index in [2.05, 4.69) is 44.9 Å². The second-order valence-electron chi connectivity index (χ2n) is 3.83. The zero-order chi connectivity index (χ0) is 10.1. The van der Waals surface area contributed by atoms with Crippen molar-refractivity contribution in [2.45, 2.75) is 46.1 Å². The number of rotatable bonds is 8. The molecule has 13 heavy (non-hydrogen) atoms. The fourth-order valence-electron chi connectivity index (χ4n) is 1.52. The van der Waals surface area contributed by atoms with Crippen LogP contribution in [0.1, 0.15) is 40.0 Å². The molecule has 1 nitrogen and oxygen atoms in total. The minimum atomic E-state index is 0.714. The van der Waals surface area contributed by atoms with Gasteiger partial charge in [0, 0.05) is 6.04 Å². The highest BCUT2D eigenvalue weighted by Gasteiger charge is 2.09. The predicted molar refractivity (Wildman–Crippen MR) is 64.5 cm³/mol. The molecule has 0 rings (SSSR count). The smallest absolute Gasteiger partial charge is 0.00870 e. The van der Waals surface area contributed by atoms with E-state index in [0.717, 1.165) is 5.92 Å². The lowest BCUT2D eigenvalue weighted by Crippen LogP contribution is -2.30. The Balaban J connectivity index is 3.28. The molecular weight excluding hydrogens is 178 g/mol. The first-order valence-electron chi connectivity index (χ1n) is 5.47. The maximum Gasteiger partial charge on any atom is 0.00870 e. The van der Waals surface area contributed by atoms with E-state index in [1.54, 1.807) is 0 Å². The minimum absolute atomic E-state index is 0.714. The molecule has 1 N–H and O–H groups in total. The van der Waals surface area contributed by atoms with Gasteiger partial charge in [0.2, 0.25) is 0 Å². The van der Waals surface area contributed by atoms with Gasteiger partial charge in [0.05, 0.1) is 0 Å². The van der Waals surface area contributed by atoms with Crippen LogP contribution in [0.25, 0.3) is 0 Å². The maximum absolute atomic E-state index is 3.39. The Hall–Kier alpha value is 0.310. The molecule has 1 atom stereocenters. The van der Waals surface area contributed by atoms with E-state index < -0.39 is 0 Å². The zero-order valence-electron chi connectivity index (χ0n) is 9.60. The van der Waals surface area contributed by atoms with Gasteiger partial charge in [-0.15, -0.1) is 0 Å². The molecule has 0 bridgehead atoms. The number of unbranched alkanes of at least 4 members (excludes halogenated alkanes) is 1. The SMILES string of the molecule is CCSCCCCC(NC)C(C)C. The Morgan fingerprint density at radius 3 is 2.38 bits per heavy atom. The third-order valence-corrected chi connectivity index (χ3v) is 3.42. The largest absolute Gasteiger partial charge is 0.317 e. The van der Waals surface area contributed by atoms with Gasteiger partial charge in [-0.05, 0) is 37.3 Å². The number of hydrogen-bond acceptors (Lipinski definition) is 2. The van der Waals surface area contributed by atoms with Gasteiger partial charge in [0.15, 0.2) is 0 Å². The molecule has 0 saturated heterocycles. The van der Waals surface area contributed by atoms with E-state index in [-0.39, 0.29) is 0 Å². The highest BCUT2D eigenvalue weighted by Crippen LogP contribution is 2.11. The second kappa shape index (κ2) is 8.89. The van der Waals surface area contributed by atoms with Crippen LogP contribution in [0.4, 0.5) is 0 Å². The lowest BCUT2D eigenvalue weighted by molar-refractivity contribution is 0.392. The van der Waals surface area contributed by atoms with Gasteiger partial charge < -0.3 is 5.32 Å². The van der Waals surface area contributed by atoms with E-state index >= 15 is 0 Å². The number of thioether (sulfide) groups is 1. The molecule has 0 aromatic rings. The summed E-state index contributed by atoms with van der Waals surface area (Å²) in [6.45, 7) is 6.82. The van der Waals surface area contributed by atoms with Crippen molar-refractivity contribution in [1.29, 1.82) is 0 Å². The Kier molecular flexibility index (Phi) is 9.10. The van der Waals surface area contributed by atoms with Crippen LogP contribution in [-0.2, 0) is 0 Å². The lowest BCUT2D eigenvalue weighted by atomic mass is 9.99. The van der Waals surface area contributed by atoms with Gasteiger partial charge in [0.25, 0.3) is 0 Å². The zero-order valence-corrected chi connectivity index (χ0v) is 10.4. The molecule has 0 amide bonds. The van der Waals surface area contributed by atoms with Crippen molar-refractivity contribution >= 4 is 11.8 Å². The summed E-state index contributed by atoms with van der Waals surface area (Å²) in [5.74, 6) is 3.37. The summed E-state index contributed by atoms with van der Waals surface area (Å²) >= 11 is 2.06. The Labute approximate surface area is 88.1 Å². The van der Waals surface area contributed by atoms with E-state index in [0.29, 0.717) is 6.04 Å². The third kappa shape index (κ3) is 7.39. The summed E-state index contributed by atoms with van der Waals surface area (Å²) in [5, 5.41) is 3.39. The van der Waals surface area contributed by atoms with E-state index in [4.69, 9.17) is 0 Å². The molecule has 0 radical (unpaired) electrons. The van der Waals surface area contributed by atoms with Crippen LogP contribution < -0.4 is 5.32 Å². The second-order valence-corrected chi connectivity index (χ2v) is 5.23.